The molecule has 1 saturated heterocycles. The molecule has 24 heavy (non-hydrogen) atoms. The highest BCUT2D eigenvalue weighted by atomic mass is 16.1. The fourth-order valence-corrected chi connectivity index (χ4v) is 3.09. The number of carbonyl (C=O) groups is 1. The number of carbonyl (C=O) groups excluding carboxylic acids is 1. The number of nitrogens with zero attached hydrogens (tertiary/aromatic N) is 4. The molecule has 1 N–H and O–H groups in total. The molecule has 1 amide bonds. The molecule has 0 bridgehead atoms. The average molecular weight is 325 g/mol. The first-order valence-corrected chi connectivity index (χ1v) is 8.56. The minimum Gasteiger partial charge on any atom is -0.352 e. The van der Waals surface area contributed by atoms with E-state index in [1.54, 1.807) is 12.3 Å². The first-order valence-electron chi connectivity index (χ1n) is 8.56. The summed E-state index contributed by atoms with van der Waals surface area (Å²) in [6, 6.07) is 9.78. The summed E-state index contributed by atoms with van der Waals surface area (Å²) in [7, 11) is 0. The van der Waals surface area contributed by atoms with Gasteiger partial charge in [0.05, 0.1) is 12.2 Å². The molecule has 3 rings (SSSR count). The average Bonchev–Trinajstić information content (AvgIpc) is 2.67. The molecule has 0 radical (unpaired) electrons. The summed E-state index contributed by atoms with van der Waals surface area (Å²) in [5.41, 5.74) is 1.15. The van der Waals surface area contributed by atoms with E-state index in [4.69, 9.17) is 0 Å². The highest BCUT2D eigenvalue weighted by Gasteiger charge is 2.22. The van der Waals surface area contributed by atoms with Crippen molar-refractivity contribution in [2.45, 2.75) is 45.2 Å². The van der Waals surface area contributed by atoms with Gasteiger partial charge in [0.1, 0.15) is 0 Å². The van der Waals surface area contributed by atoms with Crippen molar-refractivity contribution in [3.8, 4) is 0 Å². The summed E-state index contributed by atoms with van der Waals surface area (Å²) >= 11 is 0. The zero-order chi connectivity index (χ0) is 16.8. The number of amides is 1. The number of hydrogen-bond acceptors (Lipinski definition) is 5. The third-order valence-electron chi connectivity index (χ3n) is 4.43. The van der Waals surface area contributed by atoms with E-state index in [9.17, 15) is 4.79 Å². The third-order valence-corrected chi connectivity index (χ3v) is 4.43. The van der Waals surface area contributed by atoms with Crippen LogP contribution in [0.1, 0.15) is 48.8 Å². The number of rotatable bonds is 5. The Kier molecular flexibility index (Phi) is 5.36. The Morgan fingerprint density at radius 1 is 1.25 bits per heavy atom. The van der Waals surface area contributed by atoms with Crippen LogP contribution in [0.4, 0.5) is 5.82 Å². The third kappa shape index (κ3) is 3.88. The SMILES string of the molecule is CCC1CCCCN1c1ccc(C(=O)NCc2ccccn2)nn1. The van der Waals surface area contributed by atoms with Gasteiger partial charge >= 0.3 is 0 Å². The number of nitrogens with one attached hydrogen (secondary N) is 1. The number of anilines is 1. The van der Waals surface area contributed by atoms with Crippen LogP contribution in [-0.4, -0.2) is 33.7 Å². The smallest absolute Gasteiger partial charge is 0.272 e. The van der Waals surface area contributed by atoms with Gasteiger partial charge in [0.25, 0.3) is 5.91 Å². The fraction of sp³-hybridized carbons (Fsp3) is 0.444. The van der Waals surface area contributed by atoms with Gasteiger partial charge < -0.3 is 10.2 Å². The molecule has 1 aliphatic rings. The fourth-order valence-electron chi connectivity index (χ4n) is 3.09. The van der Waals surface area contributed by atoms with E-state index in [1.165, 1.54) is 19.3 Å². The molecule has 0 aromatic carbocycles. The molecular formula is C18H23N5O. The Hall–Kier alpha value is -2.50. The second-order valence-corrected chi connectivity index (χ2v) is 6.03. The van der Waals surface area contributed by atoms with Crippen LogP contribution in [0.25, 0.3) is 0 Å². The van der Waals surface area contributed by atoms with Gasteiger partial charge in [0.2, 0.25) is 0 Å². The molecule has 0 saturated carbocycles. The zero-order valence-electron chi connectivity index (χ0n) is 14.0. The van der Waals surface area contributed by atoms with Crippen molar-refractivity contribution in [2.24, 2.45) is 0 Å². The Balaban J connectivity index is 1.62. The lowest BCUT2D eigenvalue weighted by Gasteiger charge is -2.35. The molecule has 2 aromatic heterocycles. The topological polar surface area (TPSA) is 71.0 Å². The molecule has 6 nitrogen and oxygen atoms in total. The van der Waals surface area contributed by atoms with Crippen LogP contribution in [0.15, 0.2) is 36.5 Å². The highest BCUT2D eigenvalue weighted by molar-refractivity contribution is 5.92. The molecule has 1 unspecified atom stereocenters. The number of pyridine rings is 1. The van der Waals surface area contributed by atoms with Crippen LogP contribution in [0.2, 0.25) is 0 Å². The van der Waals surface area contributed by atoms with Crippen molar-refractivity contribution in [1.29, 1.82) is 0 Å². The molecule has 0 spiro atoms. The Morgan fingerprint density at radius 3 is 2.88 bits per heavy atom. The van der Waals surface area contributed by atoms with Crippen LogP contribution < -0.4 is 10.2 Å². The standard InChI is InChI=1S/C18H23N5O/c1-2-15-8-4-6-12-23(15)17-10-9-16(21-22-17)18(24)20-13-14-7-3-5-11-19-14/h3,5,7,9-11,15H,2,4,6,8,12-13H2,1H3,(H,20,24). The quantitative estimate of drug-likeness (QED) is 0.915. The summed E-state index contributed by atoms with van der Waals surface area (Å²) in [6.07, 6.45) is 6.47. The monoisotopic (exact) mass is 325 g/mol. The number of piperidine rings is 1. The predicted molar refractivity (Wildman–Crippen MR) is 92.7 cm³/mol. The summed E-state index contributed by atoms with van der Waals surface area (Å²) in [4.78, 5) is 18.7. The van der Waals surface area contributed by atoms with Gasteiger partial charge in [0.15, 0.2) is 11.5 Å². The van der Waals surface area contributed by atoms with Gasteiger partial charge in [-0.05, 0) is 49.9 Å². The Labute approximate surface area is 142 Å². The Bertz CT molecular complexity index is 659. The summed E-state index contributed by atoms with van der Waals surface area (Å²) in [5.74, 6) is 0.633. The summed E-state index contributed by atoms with van der Waals surface area (Å²) in [5, 5.41) is 11.2. The zero-order valence-corrected chi connectivity index (χ0v) is 14.0. The van der Waals surface area contributed by atoms with Crippen molar-refractivity contribution >= 4 is 11.7 Å². The second-order valence-electron chi connectivity index (χ2n) is 6.03. The van der Waals surface area contributed by atoms with Gasteiger partial charge in [-0.2, -0.15) is 0 Å². The van der Waals surface area contributed by atoms with E-state index in [1.807, 2.05) is 24.3 Å². The van der Waals surface area contributed by atoms with Crippen LogP contribution in [0.5, 0.6) is 0 Å². The van der Waals surface area contributed by atoms with Crippen molar-refractivity contribution in [3.05, 3.63) is 47.9 Å². The maximum Gasteiger partial charge on any atom is 0.272 e. The van der Waals surface area contributed by atoms with Gasteiger partial charge in [-0.1, -0.05) is 13.0 Å². The largest absolute Gasteiger partial charge is 0.352 e. The number of hydrogen-bond donors (Lipinski definition) is 1. The molecule has 2 aromatic rings. The lowest BCUT2D eigenvalue weighted by atomic mass is 10.0. The predicted octanol–water partition coefficient (Wildman–Crippen LogP) is 2.57. The molecule has 1 atom stereocenters. The van der Waals surface area contributed by atoms with Crippen molar-refractivity contribution in [1.82, 2.24) is 20.5 Å². The Morgan fingerprint density at radius 2 is 2.17 bits per heavy atom. The van der Waals surface area contributed by atoms with Crippen molar-refractivity contribution < 1.29 is 4.79 Å². The van der Waals surface area contributed by atoms with E-state index in [0.717, 1.165) is 24.5 Å². The molecule has 1 aliphatic heterocycles. The highest BCUT2D eigenvalue weighted by Crippen LogP contribution is 2.24. The summed E-state index contributed by atoms with van der Waals surface area (Å²) < 4.78 is 0. The maximum atomic E-state index is 12.2. The molecule has 3 heterocycles. The van der Waals surface area contributed by atoms with E-state index >= 15 is 0 Å². The van der Waals surface area contributed by atoms with Gasteiger partial charge in [-0.15, -0.1) is 10.2 Å². The van der Waals surface area contributed by atoms with Crippen LogP contribution in [0.3, 0.4) is 0 Å². The molecule has 0 aliphatic carbocycles. The molecule has 126 valence electrons. The molecule has 6 heteroatoms. The minimum atomic E-state index is -0.231. The van der Waals surface area contributed by atoms with E-state index in [0.29, 0.717) is 18.3 Å². The van der Waals surface area contributed by atoms with E-state index < -0.39 is 0 Å². The van der Waals surface area contributed by atoms with Gasteiger partial charge in [-0.3, -0.25) is 9.78 Å². The van der Waals surface area contributed by atoms with Crippen molar-refractivity contribution in [2.75, 3.05) is 11.4 Å². The second kappa shape index (κ2) is 7.86. The van der Waals surface area contributed by atoms with Gasteiger partial charge in [-0.25, -0.2) is 0 Å². The van der Waals surface area contributed by atoms with Crippen molar-refractivity contribution in [3.63, 3.8) is 0 Å². The lowest BCUT2D eigenvalue weighted by molar-refractivity contribution is 0.0944. The maximum absolute atomic E-state index is 12.2. The normalized spacial score (nSPS) is 17.5. The molecular weight excluding hydrogens is 302 g/mol. The lowest BCUT2D eigenvalue weighted by Crippen LogP contribution is -2.39. The van der Waals surface area contributed by atoms with Crippen LogP contribution >= 0.6 is 0 Å². The van der Waals surface area contributed by atoms with Crippen LogP contribution in [0, 0.1) is 0 Å². The number of aromatic nitrogens is 3. The first kappa shape index (κ1) is 16.4. The first-order chi connectivity index (χ1) is 11.8. The minimum absolute atomic E-state index is 0.231. The van der Waals surface area contributed by atoms with Gasteiger partial charge in [0, 0.05) is 18.8 Å². The molecule has 1 fully saturated rings. The summed E-state index contributed by atoms with van der Waals surface area (Å²) in [6.45, 7) is 3.60. The van der Waals surface area contributed by atoms with E-state index in [2.05, 4.69) is 32.3 Å². The van der Waals surface area contributed by atoms with Crippen LogP contribution in [-0.2, 0) is 6.54 Å². The van der Waals surface area contributed by atoms with E-state index in [-0.39, 0.29) is 5.91 Å².